The third-order valence-electron chi connectivity index (χ3n) is 3.67. The van der Waals surface area contributed by atoms with E-state index in [1.54, 1.807) is 0 Å². The second kappa shape index (κ2) is 4.94. The summed E-state index contributed by atoms with van der Waals surface area (Å²) in [5, 5.41) is 3.17. The molecule has 3 aromatic rings. The number of hydrogen-bond acceptors (Lipinski definition) is 4. The molecule has 1 aliphatic carbocycles. The lowest BCUT2D eigenvalue weighted by molar-refractivity contribution is 0.975. The summed E-state index contributed by atoms with van der Waals surface area (Å²) in [5.41, 5.74) is 2.88. The number of anilines is 1. The van der Waals surface area contributed by atoms with Gasteiger partial charge in [0.05, 0.1) is 9.26 Å². The van der Waals surface area contributed by atoms with Crippen molar-refractivity contribution in [1.82, 2.24) is 19.4 Å². The minimum Gasteiger partial charge on any atom is -0.372 e. The molecule has 106 valence electrons. The van der Waals surface area contributed by atoms with Gasteiger partial charge in [-0.1, -0.05) is 6.07 Å². The Bertz CT molecular complexity index is 789. The zero-order chi connectivity index (χ0) is 14.4. The summed E-state index contributed by atoms with van der Waals surface area (Å²) in [6.07, 6.45) is 6.41. The first-order valence-corrected chi connectivity index (χ1v) is 8.03. The molecule has 1 fully saturated rings. The highest BCUT2D eigenvalue weighted by atomic mass is 127. The molecule has 1 saturated carbocycles. The van der Waals surface area contributed by atoms with Gasteiger partial charge in [0, 0.05) is 25.4 Å². The molecule has 0 atom stereocenters. The number of halogens is 1. The third kappa shape index (κ3) is 2.27. The molecule has 0 radical (unpaired) electrons. The lowest BCUT2D eigenvalue weighted by atomic mass is 10.2. The SMILES string of the molecule is CNc1nc(-c2cn3ccccc3n2)nc(C2CC2)c1I. The number of pyridine rings is 1. The van der Waals surface area contributed by atoms with Crippen LogP contribution in [0.5, 0.6) is 0 Å². The van der Waals surface area contributed by atoms with Gasteiger partial charge in [0.15, 0.2) is 5.82 Å². The van der Waals surface area contributed by atoms with E-state index < -0.39 is 0 Å². The maximum atomic E-state index is 4.77. The molecule has 0 bridgehead atoms. The van der Waals surface area contributed by atoms with Crippen LogP contribution in [0.3, 0.4) is 0 Å². The van der Waals surface area contributed by atoms with Gasteiger partial charge in [-0.2, -0.15) is 0 Å². The highest BCUT2D eigenvalue weighted by Gasteiger charge is 2.29. The summed E-state index contributed by atoms with van der Waals surface area (Å²) in [4.78, 5) is 14.0. The topological polar surface area (TPSA) is 55.1 Å². The Hall–Kier alpha value is -1.70. The predicted molar refractivity (Wildman–Crippen MR) is 90.5 cm³/mol. The Kier molecular flexibility index (Phi) is 3.06. The van der Waals surface area contributed by atoms with Crippen LogP contribution in [0.1, 0.15) is 24.5 Å². The monoisotopic (exact) mass is 391 g/mol. The van der Waals surface area contributed by atoms with Crippen LogP contribution in [-0.2, 0) is 0 Å². The minimum absolute atomic E-state index is 0.586. The van der Waals surface area contributed by atoms with E-state index in [-0.39, 0.29) is 0 Å². The van der Waals surface area contributed by atoms with Gasteiger partial charge in [-0.15, -0.1) is 0 Å². The first-order chi connectivity index (χ1) is 10.3. The van der Waals surface area contributed by atoms with Gasteiger partial charge in [0.25, 0.3) is 0 Å². The van der Waals surface area contributed by atoms with E-state index in [1.165, 1.54) is 12.8 Å². The molecule has 21 heavy (non-hydrogen) atoms. The van der Waals surface area contributed by atoms with E-state index in [4.69, 9.17) is 4.98 Å². The molecular weight excluding hydrogens is 377 g/mol. The van der Waals surface area contributed by atoms with Gasteiger partial charge in [-0.3, -0.25) is 0 Å². The van der Waals surface area contributed by atoms with E-state index in [9.17, 15) is 0 Å². The highest BCUT2D eigenvalue weighted by molar-refractivity contribution is 14.1. The molecule has 1 aliphatic rings. The molecule has 0 aliphatic heterocycles. The van der Waals surface area contributed by atoms with Crippen LogP contribution in [0.4, 0.5) is 5.82 Å². The molecule has 3 heterocycles. The molecule has 0 saturated heterocycles. The molecule has 6 heteroatoms. The van der Waals surface area contributed by atoms with Crippen molar-refractivity contribution in [2.75, 3.05) is 12.4 Å². The van der Waals surface area contributed by atoms with Crippen molar-refractivity contribution < 1.29 is 0 Å². The van der Waals surface area contributed by atoms with Crippen LogP contribution in [0.15, 0.2) is 30.6 Å². The van der Waals surface area contributed by atoms with Crippen LogP contribution < -0.4 is 5.32 Å². The van der Waals surface area contributed by atoms with Crippen LogP contribution in [-0.4, -0.2) is 26.4 Å². The second-order valence-corrected chi connectivity index (χ2v) is 6.29. The van der Waals surface area contributed by atoms with E-state index in [0.717, 1.165) is 26.4 Å². The van der Waals surface area contributed by atoms with Gasteiger partial charge >= 0.3 is 0 Å². The number of nitrogens with zero attached hydrogens (tertiary/aromatic N) is 4. The fraction of sp³-hybridized carbons (Fsp3) is 0.267. The van der Waals surface area contributed by atoms with Crippen LogP contribution >= 0.6 is 22.6 Å². The minimum atomic E-state index is 0.586. The first kappa shape index (κ1) is 13.0. The lowest BCUT2D eigenvalue weighted by Crippen LogP contribution is -2.04. The van der Waals surface area contributed by atoms with Gasteiger partial charge < -0.3 is 9.72 Å². The predicted octanol–water partition coefficient (Wildman–Crippen LogP) is 3.32. The van der Waals surface area contributed by atoms with Crippen molar-refractivity contribution in [3.63, 3.8) is 0 Å². The van der Waals surface area contributed by atoms with Crippen molar-refractivity contribution in [2.24, 2.45) is 0 Å². The van der Waals surface area contributed by atoms with E-state index >= 15 is 0 Å². The zero-order valence-corrected chi connectivity index (χ0v) is 13.7. The van der Waals surface area contributed by atoms with Crippen LogP contribution in [0.2, 0.25) is 0 Å². The highest BCUT2D eigenvalue weighted by Crippen LogP contribution is 2.42. The Morgan fingerprint density at radius 1 is 1.24 bits per heavy atom. The number of rotatable bonds is 3. The fourth-order valence-electron chi connectivity index (χ4n) is 2.41. The number of fused-ring (bicyclic) bond motifs is 1. The number of imidazole rings is 1. The number of nitrogens with one attached hydrogen (secondary N) is 1. The molecule has 4 rings (SSSR count). The number of hydrogen-bond donors (Lipinski definition) is 1. The average Bonchev–Trinajstić information content (AvgIpc) is 3.25. The Morgan fingerprint density at radius 3 is 2.81 bits per heavy atom. The van der Waals surface area contributed by atoms with Crippen LogP contribution in [0, 0.1) is 3.57 Å². The van der Waals surface area contributed by atoms with Gasteiger partial charge in [0.1, 0.15) is 17.2 Å². The van der Waals surface area contributed by atoms with Gasteiger partial charge in [-0.25, -0.2) is 15.0 Å². The fourth-order valence-corrected chi connectivity index (χ4v) is 3.37. The zero-order valence-electron chi connectivity index (χ0n) is 11.5. The summed E-state index contributed by atoms with van der Waals surface area (Å²) < 4.78 is 3.12. The Morgan fingerprint density at radius 2 is 2.10 bits per heavy atom. The van der Waals surface area contributed by atoms with Gasteiger partial charge in [-0.05, 0) is 47.6 Å². The summed E-state index contributed by atoms with van der Waals surface area (Å²) in [6, 6.07) is 5.95. The number of aromatic nitrogens is 4. The summed E-state index contributed by atoms with van der Waals surface area (Å²) >= 11 is 2.33. The smallest absolute Gasteiger partial charge is 0.182 e. The van der Waals surface area contributed by atoms with Crippen molar-refractivity contribution >= 4 is 34.1 Å². The standard InChI is InChI=1S/C15H14IN5/c1-17-15-12(16)13(9-5-6-9)19-14(20-15)10-8-21-7-3-2-4-11(21)18-10/h2-4,7-9H,5-6H2,1H3,(H,17,19,20). The van der Waals surface area contributed by atoms with Crippen molar-refractivity contribution in [3.05, 3.63) is 39.9 Å². The molecule has 0 spiro atoms. The average molecular weight is 391 g/mol. The molecule has 5 nitrogen and oxygen atoms in total. The summed E-state index contributed by atoms with van der Waals surface area (Å²) in [6.45, 7) is 0. The van der Waals surface area contributed by atoms with Crippen LogP contribution in [0.25, 0.3) is 17.2 Å². The van der Waals surface area contributed by atoms with E-state index in [1.807, 2.05) is 42.0 Å². The first-order valence-electron chi connectivity index (χ1n) is 6.95. The normalized spacial score (nSPS) is 14.6. The maximum Gasteiger partial charge on any atom is 0.182 e. The third-order valence-corrected chi connectivity index (χ3v) is 4.73. The molecule has 0 unspecified atom stereocenters. The molecular formula is C15H14IN5. The van der Waals surface area contributed by atoms with Crippen molar-refractivity contribution in [3.8, 4) is 11.5 Å². The van der Waals surface area contributed by atoms with Crippen molar-refractivity contribution in [2.45, 2.75) is 18.8 Å². The van der Waals surface area contributed by atoms with E-state index in [2.05, 4.69) is 37.9 Å². The molecule has 0 aromatic carbocycles. The largest absolute Gasteiger partial charge is 0.372 e. The summed E-state index contributed by atoms with van der Waals surface area (Å²) in [5.74, 6) is 2.17. The molecule has 0 amide bonds. The van der Waals surface area contributed by atoms with E-state index in [0.29, 0.717) is 11.7 Å². The molecule has 1 N–H and O–H groups in total. The summed E-state index contributed by atoms with van der Waals surface area (Å²) in [7, 11) is 1.90. The quantitative estimate of drug-likeness (QED) is 0.697. The maximum absolute atomic E-state index is 4.77. The Balaban J connectivity index is 1.88. The van der Waals surface area contributed by atoms with Crippen molar-refractivity contribution in [1.29, 1.82) is 0 Å². The Labute approximate surface area is 136 Å². The second-order valence-electron chi connectivity index (χ2n) is 5.21. The lowest BCUT2D eigenvalue weighted by Gasteiger charge is -2.09. The van der Waals surface area contributed by atoms with Gasteiger partial charge in [0.2, 0.25) is 0 Å². The molecule has 3 aromatic heterocycles.